The van der Waals surface area contributed by atoms with Gasteiger partial charge in [-0.25, -0.2) is 27.6 Å². The summed E-state index contributed by atoms with van der Waals surface area (Å²) in [6.07, 6.45) is 4.82. The second-order valence-corrected chi connectivity index (χ2v) is 11.4. The minimum Gasteiger partial charge on any atom is -0.507 e. The van der Waals surface area contributed by atoms with Crippen molar-refractivity contribution in [1.29, 1.82) is 0 Å². The number of rotatable bonds is 7. The van der Waals surface area contributed by atoms with Gasteiger partial charge in [-0.15, -0.1) is 0 Å². The van der Waals surface area contributed by atoms with Crippen molar-refractivity contribution in [2.45, 2.75) is 24.8 Å². The topological polar surface area (TPSA) is 159 Å². The Labute approximate surface area is 234 Å². The summed E-state index contributed by atoms with van der Waals surface area (Å²) in [5.74, 6) is 0.665. The van der Waals surface area contributed by atoms with Crippen LogP contribution in [0.1, 0.15) is 24.4 Å². The summed E-state index contributed by atoms with van der Waals surface area (Å²) < 4.78 is 29.9. The Morgan fingerprint density at radius 1 is 1.05 bits per heavy atom. The number of aromatic hydroxyl groups is 1. The van der Waals surface area contributed by atoms with Gasteiger partial charge < -0.3 is 15.4 Å². The number of aromatic amines is 1. The van der Waals surface area contributed by atoms with Crippen LogP contribution in [0.4, 0.5) is 5.82 Å². The number of sulfonamides is 1. The van der Waals surface area contributed by atoms with E-state index in [-0.39, 0.29) is 16.2 Å². The van der Waals surface area contributed by atoms with Crippen LogP contribution in [0.2, 0.25) is 0 Å². The van der Waals surface area contributed by atoms with Crippen molar-refractivity contribution < 1.29 is 13.5 Å². The number of hydrogen-bond donors (Lipinski definition) is 4. The molecule has 6 aromatic rings. The molecule has 6 rings (SSSR count). The van der Waals surface area contributed by atoms with Crippen LogP contribution in [0.15, 0.2) is 83.0 Å². The van der Waals surface area contributed by atoms with E-state index in [4.69, 9.17) is 5.10 Å². The van der Waals surface area contributed by atoms with Gasteiger partial charge in [0.1, 0.15) is 29.1 Å². The van der Waals surface area contributed by atoms with E-state index in [0.29, 0.717) is 45.0 Å². The van der Waals surface area contributed by atoms with Crippen LogP contribution in [-0.2, 0) is 10.0 Å². The van der Waals surface area contributed by atoms with Gasteiger partial charge >= 0.3 is 0 Å². The number of aryl methyl sites for hydroxylation is 1. The molecular formula is C28H26N8O4S. The van der Waals surface area contributed by atoms with Crippen LogP contribution in [0.25, 0.3) is 33.4 Å². The van der Waals surface area contributed by atoms with E-state index < -0.39 is 16.1 Å². The predicted octanol–water partition coefficient (Wildman–Crippen LogP) is 3.52. The van der Waals surface area contributed by atoms with E-state index in [1.807, 2.05) is 50.2 Å². The zero-order chi connectivity index (χ0) is 28.9. The number of para-hydroxylation sites is 1. The van der Waals surface area contributed by atoms with E-state index in [1.54, 1.807) is 21.5 Å². The Bertz CT molecular complexity index is 2100. The Morgan fingerprint density at radius 3 is 2.56 bits per heavy atom. The SMILES string of the molecule is CNS(=O)(=O)c1ccc(-c2c[nH]c3ncnc(N[C@@H](C)c4nn5ccc(C)c5c(=O)n4-c4ccccc4)c23)c(O)c1. The largest absolute Gasteiger partial charge is 0.507 e. The molecule has 4 aromatic heterocycles. The monoisotopic (exact) mass is 570 g/mol. The molecule has 0 aliphatic carbocycles. The maximum Gasteiger partial charge on any atom is 0.282 e. The lowest BCUT2D eigenvalue weighted by molar-refractivity contribution is 0.475. The van der Waals surface area contributed by atoms with E-state index in [2.05, 4.69) is 25.0 Å². The predicted molar refractivity (Wildman–Crippen MR) is 155 cm³/mol. The minimum atomic E-state index is -3.74. The molecule has 0 fully saturated rings. The highest BCUT2D eigenvalue weighted by atomic mass is 32.2. The quantitative estimate of drug-likeness (QED) is 0.227. The van der Waals surface area contributed by atoms with Crippen molar-refractivity contribution in [2.24, 2.45) is 0 Å². The first-order valence-electron chi connectivity index (χ1n) is 12.7. The van der Waals surface area contributed by atoms with E-state index in [9.17, 15) is 18.3 Å². The molecule has 12 nitrogen and oxygen atoms in total. The average molecular weight is 571 g/mol. The number of nitrogens with one attached hydrogen (secondary N) is 3. The molecule has 4 heterocycles. The number of phenols is 1. The number of nitrogens with zero attached hydrogens (tertiary/aromatic N) is 5. The van der Waals surface area contributed by atoms with Gasteiger partial charge in [-0.2, -0.15) is 5.10 Å². The van der Waals surface area contributed by atoms with E-state index in [1.165, 1.54) is 31.6 Å². The summed E-state index contributed by atoms with van der Waals surface area (Å²) in [4.78, 5) is 25.5. The van der Waals surface area contributed by atoms with Crippen LogP contribution in [0, 0.1) is 6.92 Å². The minimum absolute atomic E-state index is 0.0649. The van der Waals surface area contributed by atoms with Gasteiger partial charge in [-0.3, -0.25) is 9.36 Å². The van der Waals surface area contributed by atoms with Crippen molar-refractivity contribution >= 4 is 32.4 Å². The van der Waals surface area contributed by atoms with Crippen LogP contribution in [0.5, 0.6) is 5.75 Å². The van der Waals surface area contributed by atoms with Crippen LogP contribution in [-0.4, -0.2) is 49.7 Å². The fraction of sp³-hybridized carbons (Fsp3) is 0.143. The molecule has 13 heteroatoms. The first-order chi connectivity index (χ1) is 19.7. The molecule has 0 spiro atoms. The van der Waals surface area contributed by atoms with Crippen molar-refractivity contribution in [1.82, 2.24) is 33.9 Å². The first kappa shape index (κ1) is 26.2. The molecule has 0 aliphatic heterocycles. The van der Waals surface area contributed by atoms with Crippen molar-refractivity contribution in [3.05, 3.63) is 95.1 Å². The average Bonchev–Trinajstić information content (AvgIpc) is 3.57. The Morgan fingerprint density at radius 2 is 1.83 bits per heavy atom. The van der Waals surface area contributed by atoms with Crippen LogP contribution in [0.3, 0.4) is 0 Å². The fourth-order valence-electron chi connectivity index (χ4n) is 4.92. The number of phenolic OH excluding ortho intramolecular Hbond substituents is 1. The summed E-state index contributed by atoms with van der Waals surface area (Å²) in [5.41, 5.74) is 3.23. The molecule has 1 atom stereocenters. The maximum absolute atomic E-state index is 13.7. The fourth-order valence-corrected chi connectivity index (χ4v) is 5.67. The molecule has 4 N–H and O–H groups in total. The standard InChI is InChI=1S/C28H26N8O4S/c1-16-11-12-35-24(16)28(38)36(18-7-5-4-6-8-18)27(34-35)17(2)33-26-23-21(14-30-25(23)31-15-32-26)20-10-9-19(13-22(20)37)41(39,40)29-3/h4-15,17,29,37H,1-3H3,(H2,30,31,32,33)/t17-/m0/s1. The summed E-state index contributed by atoms with van der Waals surface area (Å²) in [6.45, 7) is 3.74. The van der Waals surface area contributed by atoms with Gasteiger partial charge in [0.15, 0.2) is 5.82 Å². The third kappa shape index (κ3) is 4.40. The molecule has 0 amide bonds. The zero-order valence-electron chi connectivity index (χ0n) is 22.3. The molecule has 0 saturated carbocycles. The highest BCUT2D eigenvalue weighted by Crippen LogP contribution is 2.38. The van der Waals surface area contributed by atoms with Crippen molar-refractivity contribution in [2.75, 3.05) is 12.4 Å². The molecule has 208 valence electrons. The first-order valence-corrected chi connectivity index (χ1v) is 14.2. The highest BCUT2D eigenvalue weighted by Gasteiger charge is 2.23. The highest BCUT2D eigenvalue weighted by molar-refractivity contribution is 7.89. The molecule has 0 unspecified atom stereocenters. The number of aromatic nitrogens is 6. The summed E-state index contributed by atoms with van der Waals surface area (Å²) >= 11 is 0. The van der Waals surface area contributed by atoms with Crippen LogP contribution >= 0.6 is 0 Å². The van der Waals surface area contributed by atoms with E-state index in [0.717, 1.165) is 5.56 Å². The Balaban J connectivity index is 1.47. The smallest absolute Gasteiger partial charge is 0.282 e. The number of anilines is 1. The zero-order valence-corrected chi connectivity index (χ0v) is 23.1. The number of H-pyrrole nitrogens is 1. The number of benzene rings is 2. The number of hydrogen-bond acceptors (Lipinski definition) is 8. The van der Waals surface area contributed by atoms with Crippen molar-refractivity contribution in [3.63, 3.8) is 0 Å². The van der Waals surface area contributed by atoms with E-state index >= 15 is 0 Å². The summed E-state index contributed by atoms with van der Waals surface area (Å²) in [7, 11) is -2.44. The molecule has 41 heavy (non-hydrogen) atoms. The molecule has 0 radical (unpaired) electrons. The van der Waals surface area contributed by atoms with Crippen LogP contribution < -0.4 is 15.6 Å². The summed E-state index contributed by atoms with van der Waals surface area (Å²) in [5, 5.41) is 19.6. The van der Waals surface area contributed by atoms with Crippen molar-refractivity contribution in [3.8, 4) is 22.6 Å². The molecule has 2 aromatic carbocycles. The maximum atomic E-state index is 13.7. The van der Waals surface area contributed by atoms with Gasteiger partial charge in [0, 0.05) is 29.6 Å². The van der Waals surface area contributed by atoms with Gasteiger partial charge in [0.05, 0.1) is 22.0 Å². The normalized spacial score (nSPS) is 12.7. The third-order valence-electron chi connectivity index (χ3n) is 6.98. The lowest BCUT2D eigenvalue weighted by Crippen LogP contribution is -2.29. The molecular weight excluding hydrogens is 544 g/mol. The lowest BCUT2D eigenvalue weighted by atomic mass is 10.0. The second kappa shape index (κ2) is 9.87. The lowest BCUT2D eigenvalue weighted by Gasteiger charge is -2.20. The van der Waals surface area contributed by atoms with Gasteiger partial charge in [-0.1, -0.05) is 18.2 Å². The third-order valence-corrected chi connectivity index (χ3v) is 8.39. The number of fused-ring (bicyclic) bond motifs is 2. The van der Waals surface area contributed by atoms with Gasteiger partial charge in [0.25, 0.3) is 5.56 Å². The van der Waals surface area contributed by atoms with Gasteiger partial charge in [-0.05, 0) is 56.8 Å². The molecule has 0 bridgehead atoms. The second-order valence-electron chi connectivity index (χ2n) is 9.53. The Kier molecular flexibility index (Phi) is 6.31. The Hall–Kier alpha value is -5.01. The van der Waals surface area contributed by atoms with Gasteiger partial charge in [0.2, 0.25) is 10.0 Å². The molecule has 0 saturated heterocycles. The summed E-state index contributed by atoms with van der Waals surface area (Å²) in [6, 6.07) is 14.8. The molecule has 0 aliphatic rings.